The highest BCUT2D eigenvalue weighted by Gasteiger charge is 2.25. The average Bonchev–Trinajstić information content (AvgIpc) is 2.56. The molecule has 1 heterocycles. The van der Waals surface area contributed by atoms with Crippen LogP contribution in [0, 0.1) is 6.92 Å². The van der Waals surface area contributed by atoms with Gasteiger partial charge in [-0.25, -0.2) is 0 Å². The van der Waals surface area contributed by atoms with Gasteiger partial charge in [0.15, 0.2) is 0 Å². The molecule has 1 unspecified atom stereocenters. The van der Waals surface area contributed by atoms with Crippen LogP contribution in [0.4, 0.5) is 0 Å². The normalized spacial score (nSPS) is 14.5. The molecule has 1 atom stereocenters. The fraction of sp³-hybridized carbons (Fsp3) is 0.357. The number of halogens is 1. The first-order chi connectivity index (χ1) is 8.38. The van der Waals surface area contributed by atoms with Crippen molar-refractivity contribution in [3.05, 3.63) is 52.3 Å². The minimum Gasteiger partial charge on any atom is -0.385 e. The van der Waals surface area contributed by atoms with Crippen molar-refractivity contribution in [3.8, 4) is 0 Å². The van der Waals surface area contributed by atoms with E-state index in [4.69, 9.17) is 11.6 Å². The molecule has 2 rings (SSSR count). The van der Waals surface area contributed by atoms with E-state index in [0.29, 0.717) is 11.4 Å². The van der Waals surface area contributed by atoms with Crippen LogP contribution < -0.4 is 0 Å². The van der Waals surface area contributed by atoms with Gasteiger partial charge in [0.25, 0.3) is 0 Å². The molecule has 0 fully saturated rings. The van der Waals surface area contributed by atoms with E-state index >= 15 is 0 Å². The summed E-state index contributed by atoms with van der Waals surface area (Å²) in [5.74, 6) is 0. The molecule has 18 heavy (non-hydrogen) atoms. The predicted molar refractivity (Wildman–Crippen MR) is 72.7 cm³/mol. The highest BCUT2D eigenvalue weighted by Crippen LogP contribution is 2.27. The van der Waals surface area contributed by atoms with Crippen molar-refractivity contribution in [2.24, 2.45) is 7.05 Å². The van der Waals surface area contributed by atoms with Crippen LogP contribution in [0.2, 0.25) is 5.02 Å². The third-order valence-corrected chi connectivity index (χ3v) is 3.31. The summed E-state index contributed by atoms with van der Waals surface area (Å²) in [6, 6.07) is 9.31. The quantitative estimate of drug-likeness (QED) is 0.926. The van der Waals surface area contributed by atoms with Crippen molar-refractivity contribution < 1.29 is 5.11 Å². The Morgan fingerprint density at radius 3 is 2.67 bits per heavy atom. The van der Waals surface area contributed by atoms with Crippen LogP contribution in [0.25, 0.3) is 0 Å². The van der Waals surface area contributed by atoms with Gasteiger partial charge in [-0.05, 0) is 37.6 Å². The highest BCUT2D eigenvalue weighted by atomic mass is 35.5. The number of hydrogen-bond acceptors (Lipinski definition) is 2. The van der Waals surface area contributed by atoms with Gasteiger partial charge in [-0.15, -0.1) is 0 Å². The lowest BCUT2D eigenvalue weighted by Gasteiger charge is -2.24. The number of hydrogen-bond donors (Lipinski definition) is 1. The first kappa shape index (κ1) is 13.1. The number of aromatic nitrogens is 2. The van der Waals surface area contributed by atoms with Gasteiger partial charge in [0, 0.05) is 24.2 Å². The Morgan fingerprint density at radius 1 is 1.39 bits per heavy atom. The second-order valence-corrected chi connectivity index (χ2v) is 5.30. The van der Waals surface area contributed by atoms with E-state index < -0.39 is 5.60 Å². The van der Waals surface area contributed by atoms with Crippen LogP contribution in [-0.2, 0) is 19.1 Å². The molecule has 96 valence electrons. The summed E-state index contributed by atoms with van der Waals surface area (Å²) in [7, 11) is 1.89. The molecule has 0 amide bonds. The van der Waals surface area contributed by atoms with Crippen LogP contribution >= 0.6 is 11.6 Å². The maximum absolute atomic E-state index is 10.6. The lowest BCUT2D eigenvalue weighted by Crippen LogP contribution is -2.25. The summed E-state index contributed by atoms with van der Waals surface area (Å²) in [5.41, 5.74) is 1.81. The topological polar surface area (TPSA) is 38.0 Å². The van der Waals surface area contributed by atoms with E-state index in [1.54, 1.807) is 23.7 Å². The van der Waals surface area contributed by atoms with E-state index in [-0.39, 0.29) is 0 Å². The van der Waals surface area contributed by atoms with Crippen molar-refractivity contribution in [1.29, 1.82) is 0 Å². The van der Waals surface area contributed by atoms with E-state index in [9.17, 15) is 5.11 Å². The van der Waals surface area contributed by atoms with Crippen LogP contribution in [0.5, 0.6) is 0 Å². The Balaban J connectivity index is 2.29. The smallest absolute Gasteiger partial charge is 0.0924 e. The number of aryl methyl sites for hydroxylation is 2. The Hall–Kier alpha value is -1.32. The zero-order valence-corrected chi connectivity index (χ0v) is 11.6. The number of nitrogens with zero attached hydrogens (tertiary/aromatic N) is 2. The molecule has 2 aromatic rings. The number of aliphatic hydroxyl groups is 1. The Bertz CT molecular complexity index is 561. The average molecular weight is 265 g/mol. The van der Waals surface area contributed by atoms with Crippen LogP contribution in [0.3, 0.4) is 0 Å². The molecule has 4 heteroatoms. The van der Waals surface area contributed by atoms with Crippen molar-refractivity contribution in [1.82, 2.24) is 9.78 Å². The van der Waals surface area contributed by atoms with Crippen LogP contribution in [-0.4, -0.2) is 14.9 Å². The lowest BCUT2D eigenvalue weighted by molar-refractivity contribution is 0.0556. The van der Waals surface area contributed by atoms with Crippen molar-refractivity contribution in [3.63, 3.8) is 0 Å². The zero-order valence-electron chi connectivity index (χ0n) is 10.8. The van der Waals surface area contributed by atoms with Gasteiger partial charge in [0.1, 0.15) is 0 Å². The molecular weight excluding hydrogens is 248 g/mol. The first-order valence-corrected chi connectivity index (χ1v) is 6.24. The van der Waals surface area contributed by atoms with Gasteiger partial charge < -0.3 is 5.11 Å². The molecule has 0 aliphatic rings. The van der Waals surface area contributed by atoms with Gasteiger partial charge in [-0.2, -0.15) is 5.10 Å². The molecule has 0 aliphatic heterocycles. The highest BCUT2D eigenvalue weighted by molar-refractivity contribution is 6.30. The molecule has 3 nitrogen and oxygen atoms in total. The largest absolute Gasteiger partial charge is 0.385 e. The summed E-state index contributed by atoms with van der Waals surface area (Å²) < 4.78 is 1.80. The molecule has 0 bridgehead atoms. The van der Waals surface area contributed by atoms with E-state index in [2.05, 4.69) is 5.10 Å². The summed E-state index contributed by atoms with van der Waals surface area (Å²) >= 11 is 5.96. The molecule has 0 saturated carbocycles. The van der Waals surface area contributed by atoms with Gasteiger partial charge in [-0.3, -0.25) is 4.68 Å². The minimum atomic E-state index is -0.953. The van der Waals surface area contributed by atoms with Crippen molar-refractivity contribution in [2.45, 2.75) is 25.9 Å². The second-order valence-electron chi connectivity index (χ2n) is 4.86. The maximum Gasteiger partial charge on any atom is 0.0924 e. The summed E-state index contributed by atoms with van der Waals surface area (Å²) in [5, 5.41) is 15.5. The minimum absolute atomic E-state index is 0.505. The van der Waals surface area contributed by atoms with Crippen molar-refractivity contribution >= 4 is 11.6 Å². The Labute approximate surface area is 112 Å². The van der Waals surface area contributed by atoms with Gasteiger partial charge in [0.2, 0.25) is 0 Å². The lowest BCUT2D eigenvalue weighted by atomic mass is 9.91. The summed E-state index contributed by atoms with van der Waals surface area (Å²) in [6.45, 7) is 3.73. The van der Waals surface area contributed by atoms with Crippen molar-refractivity contribution in [2.75, 3.05) is 0 Å². The Morgan fingerprint density at radius 2 is 2.11 bits per heavy atom. The third kappa shape index (κ3) is 2.74. The second kappa shape index (κ2) is 4.75. The number of benzene rings is 1. The monoisotopic (exact) mass is 264 g/mol. The summed E-state index contributed by atoms with van der Waals surface area (Å²) in [4.78, 5) is 0. The van der Waals surface area contributed by atoms with E-state index in [1.807, 2.05) is 32.2 Å². The predicted octanol–water partition coefficient (Wildman–Crippen LogP) is 2.83. The maximum atomic E-state index is 10.6. The molecule has 0 saturated heterocycles. The number of rotatable bonds is 3. The van der Waals surface area contributed by atoms with Crippen LogP contribution in [0.15, 0.2) is 30.3 Å². The zero-order chi connectivity index (χ0) is 13.3. The fourth-order valence-corrected chi connectivity index (χ4v) is 2.30. The van der Waals surface area contributed by atoms with Gasteiger partial charge in [0.05, 0.1) is 11.3 Å². The van der Waals surface area contributed by atoms with E-state index in [1.165, 1.54) is 0 Å². The van der Waals surface area contributed by atoms with Gasteiger partial charge in [-0.1, -0.05) is 23.7 Å². The summed E-state index contributed by atoms with van der Waals surface area (Å²) in [6.07, 6.45) is 0.505. The Kier molecular flexibility index (Phi) is 3.46. The SMILES string of the molecule is Cc1cc(CC(C)(O)c2cccc(Cl)c2)n(C)n1. The molecule has 1 aromatic heterocycles. The molecule has 1 N–H and O–H groups in total. The fourth-order valence-electron chi connectivity index (χ4n) is 2.11. The molecule has 0 spiro atoms. The standard InChI is InChI=1S/C14H17ClN2O/c1-10-7-13(17(3)16-10)9-14(2,18)11-5-4-6-12(15)8-11/h4-8,18H,9H2,1-3H3. The first-order valence-electron chi connectivity index (χ1n) is 5.86. The molecule has 0 radical (unpaired) electrons. The third-order valence-electron chi connectivity index (χ3n) is 3.07. The molecule has 1 aromatic carbocycles. The molecular formula is C14H17ClN2O. The van der Waals surface area contributed by atoms with E-state index in [0.717, 1.165) is 17.0 Å². The van der Waals surface area contributed by atoms with Crippen LogP contribution in [0.1, 0.15) is 23.9 Å². The van der Waals surface area contributed by atoms with Gasteiger partial charge >= 0.3 is 0 Å². The molecule has 0 aliphatic carbocycles.